The molecule has 0 aliphatic carbocycles. The van der Waals surface area contributed by atoms with Gasteiger partial charge in [0.2, 0.25) is 0 Å². The van der Waals surface area contributed by atoms with Crippen LogP contribution < -0.4 is 31.9 Å². The van der Waals surface area contributed by atoms with Crippen molar-refractivity contribution < 1.29 is 9.59 Å². The van der Waals surface area contributed by atoms with Gasteiger partial charge in [-0.1, -0.05) is 129 Å². The zero-order valence-corrected chi connectivity index (χ0v) is 28.7. The third-order valence-corrected chi connectivity index (χ3v) is 8.58. The van der Waals surface area contributed by atoms with Gasteiger partial charge in [0.05, 0.1) is 0 Å². The Morgan fingerprint density at radius 3 is 0.940 bits per heavy atom. The van der Waals surface area contributed by atoms with E-state index in [2.05, 4.69) is 129 Å². The molecule has 268 valence electrons. The van der Waals surface area contributed by atoms with Crippen LogP contribution >= 0.6 is 0 Å². The van der Waals surface area contributed by atoms with Crippen molar-refractivity contribution in [3.8, 4) is 0 Å². The van der Waals surface area contributed by atoms with Gasteiger partial charge in [-0.25, -0.2) is 9.59 Å². The van der Waals surface area contributed by atoms with Gasteiger partial charge in [-0.05, 0) is 80.5 Å². The lowest BCUT2D eigenvalue weighted by atomic mass is 9.88. The summed E-state index contributed by atoms with van der Waals surface area (Å²) in [6, 6.07) is 41.6. The number of hydrogen-bond donors (Lipinski definition) is 6. The topological polar surface area (TPSA) is 106 Å². The zero-order valence-electron chi connectivity index (χ0n) is 28.7. The number of nitrogens with one attached hydrogen (secondary N) is 6. The molecular formula is C42H58N6O2. The summed E-state index contributed by atoms with van der Waals surface area (Å²) in [4.78, 5) is 24.6. The SMILES string of the molecule is C.O=C(NCCCNCCCNCCCNC(=O)NCCC(c1ccccc1)c1ccccc1)NCCC(c1ccccc1)c1ccccc1. The lowest BCUT2D eigenvalue weighted by Crippen LogP contribution is -2.38. The number of urea groups is 2. The molecule has 8 nitrogen and oxygen atoms in total. The number of rotatable bonds is 22. The van der Waals surface area contributed by atoms with Gasteiger partial charge in [-0.3, -0.25) is 0 Å². The highest BCUT2D eigenvalue weighted by Gasteiger charge is 2.15. The molecule has 0 aliphatic rings. The monoisotopic (exact) mass is 678 g/mol. The highest BCUT2D eigenvalue weighted by Crippen LogP contribution is 2.28. The molecule has 0 spiro atoms. The third-order valence-electron chi connectivity index (χ3n) is 8.58. The molecule has 0 aliphatic heterocycles. The standard InChI is InChI=1S/C41H54N6O2.CH4/c48-40(46-32-24-38(34-16-5-1-6-17-34)35-18-7-2-8-19-35)44-30-14-28-42-26-13-27-43-29-15-31-45-41(49)47-33-25-39(36-20-9-3-10-21-36)37-22-11-4-12-23-37;/h1-12,16-23,38-39,42-43H,13-15,24-33H2,(H2,44,46,48)(H2,45,47,49);1H4. The summed E-state index contributed by atoms with van der Waals surface area (Å²) < 4.78 is 0. The molecule has 0 unspecified atom stereocenters. The van der Waals surface area contributed by atoms with Crippen LogP contribution in [-0.2, 0) is 0 Å². The Balaban J connectivity index is 0.00000676. The van der Waals surface area contributed by atoms with E-state index in [4.69, 9.17) is 0 Å². The first-order chi connectivity index (χ1) is 24.2. The first kappa shape index (κ1) is 39.8. The lowest BCUT2D eigenvalue weighted by molar-refractivity contribution is 0.239. The molecule has 4 aromatic carbocycles. The quantitative estimate of drug-likeness (QED) is 0.0503. The molecule has 0 fully saturated rings. The molecule has 4 amide bonds. The van der Waals surface area contributed by atoms with E-state index in [0.29, 0.717) is 26.2 Å². The van der Waals surface area contributed by atoms with Crippen molar-refractivity contribution in [1.82, 2.24) is 31.9 Å². The van der Waals surface area contributed by atoms with Crippen LogP contribution in [0.3, 0.4) is 0 Å². The van der Waals surface area contributed by atoms with Gasteiger partial charge in [0.15, 0.2) is 0 Å². The molecule has 6 N–H and O–H groups in total. The molecule has 0 bridgehead atoms. The van der Waals surface area contributed by atoms with E-state index < -0.39 is 0 Å². The number of hydrogen-bond acceptors (Lipinski definition) is 4. The van der Waals surface area contributed by atoms with Crippen LogP contribution in [0.5, 0.6) is 0 Å². The molecule has 0 saturated carbocycles. The predicted octanol–water partition coefficient (Wildman–Crippen LogP) is 7.01. The van der Waals surface area contributed by atoms with Gasteiger partial charge >= 0.3 is 12.1 Å². The van der Waals surface area contributed by atoms with Gasteiger partial charge in [0, 0.05) is 38.0 Å². The van der Waals surface area contributed by atoms with Gasteiger partial charge in [-0.2, -0.15) is 0 Å². The van der Waals surface area contributed by atoms with Crippen molar-refractivity contribution >= 4 is 12.1 Å². The minimum absolute atomic E-state index is 0. The highest BCUT2D eigenvalue weighted by atomic mass is 16.2. The first-order valence-electron chi connectivity index (χ1n) is 17.9. The Kier molecular flexibility index (Phi) is 19.5. The van der Waals surface area contributed by atoms with Gasteiger partial charge in [-0.15, -0.1) is 0 Å². The highest BCUT2D eigenvalue weighted by molar-refractivity contribution is 5.74. The first-order valence-corrected chi connectivity index (χ1v) is 17.9. The van der Waals surface area contributed by atoms with Gasteiger partial charge in [0.1, 0.15) is 0 Å². The second-order valence-corrected chi connectivity index (χ2v) is 12.3. The summed E-state index contributed by atoms with van der Waals surface area (Å²) in [5.74, 6) is 0.499. The smallest absolute Gasteiger partial charge is 0.314 e. The molecular weight excluding hydrogens is 621 g/mol. The maximum absolute atomic E-state index is 12.3. The van der Waals surface area contributed by atoms with E-state index >= 15 is 0 Å². The van der Waals surface area contributed by atoms with Crippen molar-refractivity contribution in [3.63, 3.8) is 0 Å². The average Bonchev–Trinajstić information content (AvgIpc) is 3.15. The number of amides is 4. The van der Waals surface area contributed by atoms with E-state index in [1.165, 1.54) is 22.3 Å². The average molecular weight is 679 g/mol. The number of carbonyl (C=O) groups excluding carboxylic acids is 2. The summed E-state index contributed by atoms with van der Waals surface area (Å²) in [5.41, 5.74) is 5.05. The van der Waals surface area contributed by atoms with Crippen molar-refractivity contribution in [2.75, 3.05) is 52.4 Å². The Morgan fingerprint density at radius 1 is 0.380 bits per heavy atom. The minimum Gasteiger partial charge on any atom is -0.338 e. The Labute approximate surface area is 300 Å². The van der Waals surface area contributed by atoms with Gasteiger partial charge in [0.25, 0.3) is 0 Å². The van der Waals surface area contributed by atoms with E-state index in [1.807, 2.05) is 24.3 Å². The molecule has 0 heterocycles. The fourth-order valence-corrected chi connectivity index (χ4v) is 6.00. The van der Waals surface area contributed by atoms with Crippen LogP contribution in [0.1, 0.15) is 73.6 Å². The van der Waals surface area contributed by atoms with Crippen LogP contribution in [0.4, 0.5) is 9.59 Å². The Morgan fingerprint density at radius 2 is 0.640 bits per heavy atom. The Bertz CT molecular complexity index is 1250. The summed E-state index contributed by atoms with van der Waals surface area (Å²) in [6.07, 6.45) is 4.47. The minimum atomic E-state index is -0.115. The zero-order chi connectivity index (χ0) is 34.2. The normalized spacial score (nSPS) is 10.8. The predicted molar refractivity (Wildman–Crippen MR) is 208 cm³/mol. The Hall–Kier alpha value is -4.66. The maximum atomic E-state index is 12.3. The number of carbonyl (C=O) groups is 2. The number of benzene rings is 4. The molecule has 50 heavy (non-hydrogen) atoms. The van der Waals surface area contributed by atoms with Crippen LogP contribution in [0.15, 0.2) is 121 Å². The molecule has 0 atom stereocenters. The molecule has 0 radical (unpaired) electrons. The summed E-state index contributed by atoms with van der Waals surface area (Å²) in [6.45, 7) is 6.07. The fourth-order valence-electron chi connectivity index (χ4n) is 6.00. The largest absolute Gasteiger partial charge is 0.338 e. The van der Waals surface area contributed by atoms with Crippen LogP contribution in [0.2, 0.25) is 0 Å². The van der Waals surface area contributed by atoms with Crippen LogP contribution in [0.25, 0.3) is 0 Å². The fraction of sp³-hybridized carbons (Fsp3) is 0.381. The molecule has 8 heteroatoms. The summed E-state index contributed by atoms with van der Waals surface area (Å²) in [7, 11) is 0. The maximum Gasteiger partial charge on any atom is 0.314 e. The van der Waals surface area contributed by atoms with Crippen molar-refractivity contribution in [1.29, 1.82) is 0 Å². The van der Waals surface area contributed by atoms with E-state index in [-0.39, 0.29) is 31.3 Å². The molecule has 4 aromatic rings. The van der Waals surface area contributed by atoms with Crippen LogP contribution in [-0.4, -0.2) is 64.4 Å². The van der Waals surface area contributed by atoms with Crippen molar-refractivity contribution in [3.05, 3.63) is 144 Å². The molecule has 4 rings (SSSR count). The second kappa shape index (κ2) is 24.5. The van der Waals surface area contributed by atoms with Crippen LogP contribution in [0, 0.1) is 0 Å². The second-order valence-electron chi connectivity index (χ2n) is 12.3. The van der Waals surface area contributed by atoms with E-state index in [0.717, 1.165) is 58.3 Å². The molecule has 0 aromatic heterocycles. The lowest BCUT2D eigenvalue weighted by Gasteiger charge is -2.18. The third kappa shape index (κ3) is 15.3. The van der Waals surface area contributed by atoms with Crippen molar-refractivity contribution in [2.24, 2.45) is 0 Å². The van der Waals surface area contributed by atoms with Gasteiger partial charge < -0.3 is 31.9 Å². The summed E-state index contributed by atoms with van der Waals surface area (Å²) >= 11 is 0. The molecule has 0 saturated heterocycles. The summed E-state index contributed by atoms with van der Waals surface area (Å²) in [5, 5.41) is 18.9. The van der Waals surface area contributed by atoms with E-state index in [9.17, 15) is 9.59 Å². The van der Waals surface area contributed by atoms with Crippen molar-refractivity contribution in [2.45, 2.75) is 51.4 Å². The van der Waals surface area contributed by atoms with E-state index in [1.54, 1.807) is 0 Å².